The fraction of sp³-hybridized carbons (Fsp3) is 0.0588. The minimum absolute atomic E-state index is 0.147. The van der Waals surface area contributed by atoms with Crippen LogP contribution in [-0.4, -0.2) is 11.0 Å². The molecule has 0 saturated heterocycles. The molecule has 3 rings (SSSR count). The number of hydrogen-bond acceptors (Lipinski definition) is 5. The summed E-state index contributed by atoms with van der Waals surface area (Å²) >= 11 is 9.22. The monoisotopic (exact) mass is 361 g/mol. The molecule has 0 spiro atoms. The molecule has 0 aliphatic heterocycles. The molecule has 0 bridgehead atoms. The van der Waals surface area contributed by atoms with Crippen LogP contribution in [-0.2, 0) is 16.1 Å². The first-order chi connectivity index (χ1) is 11.2. The highest BCUT2D eigenvalue weighted by molar-refractivity contribution is 7.13. The lowest BCUT2D eigenvalue weighted by molar-refractivity contribution is -0.139. The van der Waals surface area contributed by atoms with E-state index in [1.54, 1.807) is 17.4 Å². The minimum Gasteiger partial charge on any atom is -0.456 e. The van der Waals surface area contributed by atoms with Crippen LogP contribution in [0.4, 0.5) is 0 Å². The molecule has 0 aliphatic rings. The summed E-state index contributed by atoms with van der Waals surface area (Å²) in [5, 5.41) is 7.25. The number of thiophene rings is 1. The van der Waals surface area contributed by atoms with E-state index in [4.69, 9.17) is 16.3 Å². The molecule has 0 fully saturated rings. The molecule has 0 aliphatic carbocycles. The van der Waals surface area contributed by atoms with Crippen molar-refractivity contribution < 1.29 is 9.53 Å². The number of rotatable bonds is 5. The topological polar surface area (TPSA) is 39.2 Å². The molecule has 0 amide bonds. The number of halogens is 1. The van der Waals surface area contributed by atoms with Gasteiger partial charge in [-0.25, -0.2) is 9.78 Å². The standard InChI is InChI=1S/C17H12ClNO2S2/c18-15-4-2-1-3-14(15)17-19-13(11-23-17)9-21-16(20)6-5-12-7-8-22-10-12/h1-8,10-11H,9H2/b6-5+. The van der Waals surface area contributed by atoms with Gasteiger partial charge in [0.2, 0.25) is 0 Å². The second-order valence-electron chi connectivity index (χ2n) is 4.62. The van der Waals surface area contributed by atoms with Crippen LogP contribution >= 0.6 is 34.3 Å². The molecule has 0 N–H and O–H groups in total. The summed E-state index contributed by atoms with van der Waals surface area (Å²) in [6.45, 7) is 0.147. The highest BCUT2D eigenvalue weighted by Gasteiger charge is 2.09. The van der Waals surface area contributed by atoms with Gasteiger partial charge in [0.1, 0.15) is 11.6 Å². The van der Waals surface area contributed by atoms with Crippen molar-refractivity contribution in [3.63, 3.8) is 0 Å². The smallest absolute Gasteiger partial charge is 0.331 e. The summed E-state index contributed by atoms with van der Waals surface area (Å²) in [6, 6.07) is 9.47. The maximum atomic E-state index is 11.7. The van der Waals surface area contributed by atoms with Gasteiger partial charge in [0.05, 0.1) is 10.7 Å². The van der Waals surface area contributed by atoms with Crippen LogP contribution in [0.1, 0.15) is 11.3 Å². The normalized spacial score (nSPS) is 11.0. The van der Waals surface area contributed by atoms with E-state index in [9.17, 15) is 4.79 Å². The van der Waals surface area contributed by atoms with Crippen LogP contribution < -0.4 is 0 Å². The van der Waals surface area contributed by atoms with Crippen LogP contribution in [0, 0.1) is 0 Å². The van der Waals surface area contributed by atoms with E-state index >= 15 is 0 Å². The van der Waals surface area contributed by atoms with Gasteiger partial charge in [0.15, 0.2) is 0 Å². The summed E-state index contributed by atoms with van der Waals surface area (Å²) in [4.78, 5) is 16.1. The van der Waals surface area contributed by atoms with Crippen molar-refractivity contribution in [3.8, 4) is 10.6 Å². The van der Waals surface area contributed by atoms with Crippen LogP contribution in [0.2, 0.25) is 5.02 Å². The summed E-state index contributed by atoms with van der Waals surface area (Å²) in [5.41, 5.74) is 2.58. The van der Waals surface area contributed by atoms with Crippen molar-refractivity contribution in [2.45, 2.75) is 6.61 Å². The summed E-state index contributed by atoms with van der Waals surface area (Å²) in [5.74, 6) is -0.386. The van der Waals surface area contributed by atoms with Crippen molar-refractivity contribution >= 4 is 46.3 Å². The van der Waals surface area contributed by atoms with Crippen molar-refractivity contribution in [1.29, 1.82) is 0 Å². The van der Waals surface area contributed by atoms with E-state index in [-0.39, 0.29) is 12.6 Å². The zero-order valence-electron chi connectivity index (χ0n) is 11.9. The van der Waals surface area contributed by atoms with Gasteiger partial charge in [-0.1, -0.05) is 29.8 Å². The lowest BCUT2D eigenvalue weighted by atomic mass is 10.2. The highest BCUT2D eigenvalue weighted by Crippen LogP contribution is 2.30. The number of esters is 1. The van der Waals surface area contributed by atoms with E-state index in [0.29, 0.717) is 10.7 Å². The zero-order valence-corrected chi connectivity index (χ0v) is 14.3. The molecule has 1 aromatic carbocycles. The Morgan fingerprint density at radius 1 is 1.26 bits per heavy atom. The molecule has 0 atom stereocenters. The third-order valence-electron chi connectivity index (χ3n) is 2.97. The molecular weight excluding hydrogens is 350 g/mol. The third-order valence-corrected chi connectivity index (χ3v) is 4.93. The molecule has 3 aromatic rings. The van der Waals surface area contributed by atoms with Crippen molar-refractivity contribution in [3.05, 3.63) is 68.8 Å². The minimum atomic E-state index is -0.386. The Morgan fingerprint density at radius 3 is 2.91 bits per heavy atom. The fourth-order valence-electron chi connectivity index (χ4n) is 1.86. The Bertz CT molecular complexity index is 825. The molecule has 3 nitrogen and oxygen atoms in total. The fourth-order valence-corrected chi connectivity index (χ4v) is 3.61. The number of thiazole rings is 1. The number of ether oxygens (including phenoxy) is 1. The van der Waals surface area contributed by atoms with Gasteiger partial charge < -0.3 is 4.74 Å². The summed E-state index contributed by atoms with van der Waals surface area (Å²) in [7, 11) is 0. The molecule has 0 unspecified atom stereocenters. The Labute approximate surface area is 146 Å². The van der Waals surface area contributed by atoms with Gasteiger partial charge >= 0.3 is 5.97 Å². The molecule has 0 radical (unpaired) electrons. The molecule has 6 heteroatoms. The van der Waals surface area contributed by atoms with E-state index in [1.807, 2.05) is 46.5 Å². The van der Waals surface area contributed by atoms with Gasteiger partial charge in [-0.2, -0.15) is 11.3 Å². The van der Waals surface area contributed by atoms with Crippen LogP contribution in [0.15, 0.2) is 52.5 Å². The van der Waals surface area contributed by atoms with Gasteiger partial charge in [-0.05, 0) is 34.5 Å². The lowest BCUT2D eigenvalue weighted by Crippen LogP contribution is -2.00. The van der Waals surface area contributed by atoms with E-state index in [0.717, 1.165) is 16.1 Å². The summed E-state index contributed by atoms with van der Waals surface area (Å²) < 4.78 is 5.19. The maximum absolute atomic E-state index is 11.7. The second kappa shape index (κ2) is 7.55. The first kappa shape index (κ1) is 15.9. The molecule has 2 heterocycles. The Kier molecular flexibility index (Phi) is 5.23. The number of aromatic nitrogens is 1. The Balaban J connectivity index is 1.59. The molecule has 2 aromatic heterocycles. The molecule has 23 heavy (non-hydrogen) atoms. The number of hydrogen-bond donors (Lipinski definition) is 0. The predicted molar refractivity (Wildman–Crippen MR) is 95.7 cm³/mol. The van der Waals surface area contributed by atoms with Crippen LogP contribution in [0.5, 0.6) is 0 Å². The molecule has 116 valence electrons. The van der Waals surface area contributed by atoms with Crippen molar-refractivity contribution in [1.82, 2.24) is 4.98 Å². The van der Waals surface area contributed by atoms with Crippen LogP contribution in [0.25, 0.3) is 16.6 Å². The highest BCUT2D eigenvalue weighted by atomic mass is 35.5. The van der Waals surface area contributed by atoms with E-state index < -0.39 is 0 Å². The average molecular weight is 362 g/mol. The number of nitrogens with zero attached hydrogens (tertiary/aromatic N) is 1. The number of carbonyl (C=O) groups excluding carboxylic acids is 1. The SMILES string of the molecule is O=C(/C=C/c1ccsc1)OCc1csc(-c2ccccc2Cl)n1. The first-order valence-corrected chi connectivity index (χ1v) is 8.99. The largest absolute Gasteiger partial charge is 0.456 e. The van der Waals surface area contributed by atoms with Gasteiger partial charge in [-0.3, -0.25) is 0 Å². The first-order valence-electron chi connectivity index (χ1n) is 6.79. The van der Waals surface area contributed by atoms with Crippen LogP contribution in [0.3, 0.4) is 0 Å². The average Bonchev–Trinajstić information content (AvgIpc) is 3.23. The van der Waals surface area contributed by atoms with Gasteiger partial charge in [0, 0.05) is 17.0 Å². The number of carbonyl (C=O) groups is 1. The summed E-state index contributed by atoms with van der Waals surface area (Å²) in [6.07, 6.45) is 3.15. The zero-order chi connectivity index (χ0) is 16.1. The maximum Gasteiger partial charge on any atom is 0.331 e. The molecular formula is C17H12ClNO2S2. The van der Waals surface area contributed by atoms with Crippen molar-refractivity contribution in [2.24, 2.45) is 0 Å². The quantitative estimate of drug-likeness (QED) is 0.458. The number of benzene rings is 1. The van der Waals surface area contributed by atoms with Gasteiger partial charge in [-0.15, -0.1) is 11.3 Å². The van der Waals surface area contributed by atoms with Crippen molar-refractivity contribution in [2.75, 3.05) is 0 Å². The van der Waals surface area contributed by atoms with E-state index in [2.05, 4.69) is 4.98 Å². The molecule has 0 saturated carbocycles. The van der Waals surface area contributed by atoms with E-state index in [1.165, 1.54) is 17.4 Å². The second-order valence-corrected chi connectivity index (χ2v) is 6.67. The Morgan fingerprint density at radius 2 is 2.13 bits per heavy atom. The Hall–Kier alpha value is -1.95. The lowest BCUT2D eigenvalue weighted by Gasteiger charge is -2.00. The third kappa shape index (κ3) is 4.28. The van der Waals surface area contributed by atoms with Gasteiger partial charge in [0.25, 0.3) is 0 Å². The predicted octanol–water partition coefficient (Wildman–Crippen LogP) is 5.28.